The number of nitrogens with zero attached hydrogens (tertiary/aromatic N) is 2. The molecule has 0 aromatic carbocycles. The van der Waals surface area contributed by atoms with Crippen LogP contribution >= 0.6 is 0 Å². The van der Waals surface area contributed by atoms with Gasteiger partial charge in [-0.1, -0.05) is 0 Å². The molecule has 0 aromatic rings. The van der Waals surface area contributed by atoms with Crippen LogP contribution in [0.4, 0.5) is 0 Å². The molecule has 0 radical (unpaired) electrons. The minimum atomic E-state index is -1.23. The fourth-order valence-electron chi connectivity index (χ4n) is 2.05. The van der Waals surface area contributed by atoms with Gasteiger partial charge in [0.1, 0.15) is 12.1 Å². The second kappa shape index (κ2) is 6.36. The first kappa shape index (κ1) is 15.9. The number of piperidine rings is 1. The maximum absolute atomic E-state index is 12.1. The summed E-state index contributed by atoms with van der Waals surface area (Å²) < 4.78 is 0. The van der Waals surface area contributed by atoms with Crippen LogP contribution in [0.1, 0.15) is 26.2 Å². The molecule has 0 bridgehead atoms. The maximum atomic E-state index is 12.1. The van der Waals surface area contributed by atoms with Gasteiger partial charge in [-0.3, -0.25) is 9.59 Å². The Balaban J connectivity index is 2.84. The molecule has 112 valence electrons. The zero-order valence-corrected chi connectivity index (χ0v) is 11.4. The minimum Gasteiger partial charge on any atom is -0.480 e. The van der Waals surface area contributed by atoms with Gasteiger partial charge in [0.25, 0.3) is 0 Å². The number of likely N-dealkylation sites (tertiary alicyclic amines) is 1. The molecule has 2 N–H and O–H groups in total. The van der Waals surface area contributed by atoms with E-state index in [1.165, 1.54) is 14.0 Å². The van der Waals surface area contributed by atoms with Crippen molar-refractivity contribution in [2.75, 3.05) is 13.6 Å². The van der Waals surface area contributed by atoms with Gasteiger partial charge in [-0.05, 0) is 26.2 Å². The van der Waals surface area contributed by atoms with Crippen molar-refractivity contribution in [2.45, 2.75) is 38.3 Å². The zero-order chi connectivity index (χ0) is 15.4. The van der Waals surface area contributed by atoms with Gasteiger partial charge in [0, 0.05) is 13.6 Å². The molecule has 1 aliphatic rings. The summed E-state index contributed by atoms with van der Waals surface area (Å²) in [7, 11) is 1.21. The number of carbonyl (C=O) groups is 4. The minimum absolute atomic E-state index is 0.191. The largest absolute Gasteiger partial charge is 0.480 e. The zero-order valence-electron chi connectivity index (χ0n) is 11.4. The predicted molar refractivity (Wildman–Crippen MR) is 66.9 cm³/mol. The lowest BCUT2D eigenvalue weighted by Crippen LogP contribution is -2.55. The number of carboxylic acid groups (broad SMARTS) is 2. The second-order valence-corrected chi connectivity index (χ2v) is 4.78. The molecule has 2 amide bonds. The molecule has 0 aliphatic carbocycles. The van der Waals surface area contributed by atoms with E-state index in [9.17, 15) is 19.2 Å². The molecule has 20 heavy (non-hydrogen) atoms. The van der Waals surface area contributed by atoms with E-state index in [-0.39, 0.29) is 6.54 Å². The van der Waals surface area contributed by atoms with Crippen LogP contribution < -0.4 is 0 Å². The predicted octanol–water partition coefficient (Wildman–Crippen LogP) is -0.616. The van der Waals surface area contributed by atoms with Crippen LogP contribution in [0.5, 0.6) is 0 Å². The lowest BCUT2D eigenvalue weighted by molar-refractivity contribution is -0.161. The standard InChI is InChI=1S/C12H18N2O6/c1-7(11(17)18)13(2)9(15)10(16)14-6-4-3-5-8(14)12(19)20/h7-8H,3-6H2,1-2H3,(H,17,18)(H,19,20)/t7?,8-/m0/s1. The third-order valence-electron chi connectivity index (χ3n) is 3.49. The highest BCUT2D eigenvalue weighted by Crippen LogP contribution is 2.18. The molecule has 1 rings (SSSR count). The summed E-state index contributed by atoms with van der Waals surface area (Å²) in [5, 5.41) is 17.9. The van der Waals surface area contributed by atoms with Gasteiger partial charge >= 0.3 is 23.8 Å². The van der Waals surface area contributed by atoms with E-state index in [2.05, 4.69) is 0 Å². The SMILES string of the molecule is CC(C(=O)O)N(C)C(=O)C(=O)N1CCCC[C@H]1C(=O)O. The molecular weight excluding hydrogens is 268 g/mol. The smallest absolute Gasteiger partial charge is 0.326 e. The van der Waals surface area contributed by atoms with Crippen LogP contribution in [0.2, 0.25) is 0 Å². The summed E-state index contributed by atoms with van der Waals surface area (Å²) in [6, 6.07) is -2.17. The quantitative estimate of drug-likeness (QED) is 0.668. The highest BCUT2D eigenvalue weighted by atomic mass is 16.4. The number of carboxylic acids is 2. The molecule has 0 spiro atoms. The number of amides is 2. The van der Waals surface area contributed by atoms with Crippen LogP contribution in [-0.2, 0) is 19.2 Å². The topological polar surface area (TPSA) is 115 Å². The summed E-state index contributed by atoms with van der Waals surface area (Å²) in [6.45, 7) is 1.47. The Bertz CT molecular complexity index is 436. The third kappa shape index (κ3) is 3.25. The number of rotatable bonds is 3. The van der Waals surface area contributed by atoms with Crippen molar-refractivity contribution in [3.05, 3.63) is 0 Å². The van der Waals surface area contributed by atoms with Gasteiger partial charge in [-0.15, -0.1) is 0 Å². The first-order chi connectivity index (χ1) is 9.27. The van der Waals surface area contributed by atoms with Gasteiger partial charge in [-0.25, -0.2) is 9.59 Å². The Morgan fingerprint density at radius 3 is 2.30 bits per heavy atom. The van der Waals surface area contributed by atoms with Crippen LogP contribution in [0, 0.1) is 0 Å². The Morgan fingerprint density at radius 1 is 1.20 bits per heavy atom. The maximum Gasteiger partial charge on any atom is 0.326 e. The summed E-state index contributed by atoms with van der Waals surface area (Å²) in [4.78, 5) is 47.7. The average molecular weight is 286 g/mol. The van der Waals surface area contributed by atoms with Crippen molar-refractivity contribution in [2.24, 2.45) is 0 Å². The Hall–Kier alpha value is -2.12. The lowest BCUT2D eigenvalue weighted by atomic mass is 10.0. The second-order valence-electron chi connectivity index (χ2n) is 4.78. The Kier molecular flexibility index (Phi) is 5.06. The molecule has 1 fully saturated rings. The molecule has 2 atom stereocenters. The Labute approximate surface area is 116 Å². The summed E-state index contributed by atoms with van der Waals surface area (Å²) in [5.74, 6) is -4.36. The van der Waals surface area contributed by atoms with Crippen molar-refractivity contribution in [3.63, 3.8) is 0 Å². The number of hydrogen-bond acceptors (Lipinski definition) is 4. The molecule has 8 nitrogen and oxygen atoms in total. The van der Waals surface area contributed by atoms with E-state index < -0.39 is 35.8 Å². The van der Waals surface area contributed by atoms with Crippen LogP contribution in [0.15, 0.2) is 0 Å². The van der Waals surface area contributed by atoms with Crippen molar-refractivity contribution in [3.8, 4) is 0 Å². The number of carbonyl (C=O) groups excluding carboxylic acids is 2. The number of hydrogen-bond donors (Lipinski definition) is 2. The third-order valence-corrected chi connectivity index (χ3v) is 3.49. The van der Waals surface area contributed by atoms with E-state index in [1.54, 1.807) is 0 Å². The van der Waals surface area contributed by atoms with Crippen molar-refractivity contribution in [1.29, 1.82) is 0 Å². The van der Waals surface area contributed by atoms with Crippen LogP contribution in [0.3, 0.4) is 0 Å². The molecular formula is C12H18N2O6. The van der Waals surface area contributed by atoms with Gasteiger partial charge in [-0.2, -0.15) is 0 Å². The highest BCUT2D eigenvalue weighted by Gasteiger charge is 2.37. The fraction of sp³-hybridized carbons (Fsp3) is 0.667. The number of likely N-dealkylation sites (N-methyl/N-ethyl adjacent to an activating group) is 1. The molecule has 0 saturated carbocycles. The van der Waals surface area contributed by atoms with Crippen molar-refractivity contribution >= 4 is 23.8 Å². The van der Waals surface area contributed by atoms with Gasteiger partial charge in [0.15, 0.2) is 0 Å². The highest BCUT2D eigenvalue weighted by molar-refractivity contribution is 6.35. The first-order valence-corrected chi connectivity index (χ1v) is 6.30. The molecule has 1 unspecified atom stereocenters. The van der Waals surface area contributed by atoms with Crippen LogP contribution in [-0.4, -0.2) is 69.4 Å². The average Bonchev–Trinajstić information content (AvgIpc) is 2.43. The molecule has 1 aliphatic heterocycles. The molecule has 1 heterocycles. The monoisotopic (exact) mass is 286 g/mol. The summed E-state index contributed by atoms with van der Waals surface area (Å²) in [6.07, 6.45) is 1.60. The van der Waals surface area contributed by atoms with Crippen molar-refractivity contribution < 1.29 is 29.4 Å². The number of aliphatic carboxylic acids is 2. The first-order valence-electron chi connectivity index (χ1n) is 6.30. The van der Waals surface area contributed by atoms with E-state index in [1.807, 2.05) is 0 Å². The molecule has 8 heteroatoms. The van der Waals surface area contributed by atoms with Gasteiger partial charge < -0.3 is 20.0 Å². The van der Waals surface area contributed by atoms with E-state index in [4.69, 9.17) is 10.2 Å². The molecule has 0 aromatic heterocycles. The fourth-order valence-corrected chi connectivity index (χ4v) is 2.05. The van der Waals surface area contributed by atoms with Crippen LogP contribution in [0.25, 0.3) is 0 Å². The molecule has 1 saturated heterocycles. The summed E-state index contributed by atoms with van der Waals surface area (Å²) >= 11 is 0. The summed E-state index contributed by atoms with van der Waals surface area (Å²) in [5.41, 5.74) is 0. The lowest BCUT2D eigenvalue weighted by Gasteiger charge is -2.33. The van der Waals surface area contributed by atoms with Gasteiger partial charge in [0.2, 0.25) is 0 Å². The van der Waals surface area contributed by atoms with Crippen molar-refractivity contribution in [1.82, 2.24) is 9.80 Å². The van der Waals surface area contributed by atoms with E-state index >= 15 is 0 Å². The Morgan fingerprint density at radius 2 is 1.80 bits per heavy atom. The van der Waals surface area contributed by atoms with Gasteiger partial charge in [0.05, 0.1) is 0 Å². The normalized spacial score (nSPS) is 20.1. The van der Waals surface area contributed by atoms with E-state index in [0.717, 1.165) is 9.80 Å². The van der Waals surface area contributed by atoms with E-state index in [0.29, 0.717) is 19.3 Å².